The molecule has 0 fully saturated rings. The number of hydrogen-bond acceptors (Lipinski definition) is 4. The number of methoxy groups -OCH3 is 1. The summed E-state index contributed by atoms with van der Waals surface area (Å²) in [5, 5.41) is 0.585. The van der Waals surface area contributed by atoms with E-state index in [1.54, 1.807) is 29.7 Å². The third-order valence-corrected chi connectivity index (χ3v) is 4.39. The van der Waals surface area contributed by atoms with Crippen molar-refractivity contribution >= 4 is 16.8 Å². The van der Waals surface area contributed by atoms with E-state index in [-0.39, 0.29) is 23.4 Å². The molecule has 0 bridgehead atoms. The van der Waals surface area contributed by atoms with Gasteiger partial charge in [-0.3, -0.25) is 14.2 Å². The molecule has 0 aliphatic carbocycles. The lowest BCUT2D eigenvalue weighted by atomic mass is 10.1. The molecule has 1 unspecified atom stereocenters. The summed E-state index contributed by atoms with van der Waals surface area (Å²) in [6.07, 6.45) is 0.667. The predicted octanol–water partition coefficient (Wildman–Crippen LogP) is 2.52. The minimum Gasteiger partial charge on any atom is -0.383 e. The molecule has 0 spiro atoms. The van der Waals surface area contributed by atoms with Crippen LogP contribution in [0.25, 0.3) is 10.9 Å². The van der Waals surface area contributed by atoms with Gasteiger partial charge < -0.3 is 9.64 Å². The molecule has 0 aliphatic rings. The van der Waals surface area contributed by atoms with Gasteiger partial charge in [-0.05, 0) is 18.6 Å². The second kappa shape index (κ2) is 8.25. The molecule has 1 aromatic heterocycles. The Morgan fingerprint density at radius 1 is 1.32 bits per heavy atom. The first-order valence-electron chi connectivity index (χ1n) is 8.67. The average molecular weight is 345 g/mol. The Morgan fingerprint density at radius 3 is 2.60 bits per heavy atom. The zero-order valence-electron chi connectivity index (χ0n) is 15.7. The average Bonchev–Trinajstić information content (AvgIpc) is 2.61. The highest BCUT2D eigenvalue weighted by Gasteiger charge is 2.28. The number of amides is 1. The van der Waals surface area contributed by atoms with E-state index in [0.717, 1.165) is 0 Å². The molecule has 0 N–H and O–H groups in total. The van der Waals surface area contributed by atoms with Crippen LogP contribution >= 0.6 is 0 Å². The number of para-hydroxylation sites is 1. The molecule has 6 nitrogen and oxygen atoms in total. The van der Waals surface area contributed by atoms with E-state index in [2.05, 4.69) is 0 Å². The Balaban J connectivity index is 2.57. The molecule has 6 heteroatoms. The van der Waals surface area contributed by atoms with Crippen LogP contribution in [-0.2, 0) is 16.6 Å². The molecule has 1 amide bonds. The summed E-state index contributed by atoms with van der Waals surface area (Å²) in [6.45, 7) is 6.66. The Kier molecular flexibility index (Phi) is 6.31. The maximum Gasteiger partial charge on any atom is 0.261 e. The van der Waals surface area contributed by atoms with Gasteiger partial charge in [0.15, 0.2) is 0 Å². The number of carbonyl (C=O) groups excluding carboxylic acids is 1. The number of fused-ring (bicyclic) bond motifs is 1. The van der Waals surface area contributed by atoms with Gasteiger partial charge >= 0.3 is 0 Å². The van der Waals surface area contributed by atoms with Gasteiger partial charge in [0.1, 0.15) is 5.82 Å². The highest BCUT2D eigenvalue weighted by Crippen LogP contribution is 2.24. The summed E-state index contributed by atoms with van der Waals surface area (Å²) in [4.78, 5) is 31.9. The van der Waals surface area contributed by atoms with Gasteiger partial charge in [0, 0.05) is 26.6 Å². The Morgan fingerprint density at radius 2 is 2.00 bits per heavy atom. The maximum absolute atomic E-state index is 12.7. The van der Waals surface area contributed by atoms with Crippen LogP contribution in [0.15, 0.2) is 29.1 Å². The quantitative estimate of drug-likeness (QED) is 0.773. The van der Waals surface area contributed by atoms with Crippen LogP contribution < -0.4 is 5.56 Å². The molecule has 0 radical (unpaired) electrons. The Labute approximate surface area is 148 Å². The minimum atomic E-state index is -0.271. The first-order valence-corrected chi connectivity index (χ1v) is 8.67. The summed E-state index contributed by atoms with van der Waals surface area (Å²) in [5.41, 5.74) is 0.561. The third-order valence-electron chi connectivity index (χ3n) is 4.39. The van der Waals surface area contributed by atoms with Crippen LogP contribution in [0.2, 0.25) is 0 Å². The molecule has 1 aromatic carbocycles. The van der Waals surface area contributed by atoms with Gasteiger partial charge in [-0.2, -0.15) is 0 Å². The SMILES string of the molecule is CCC(c1nc2ccccc2c(=O)n1C)N(CCOC)C(=O)C(C)C. The van der Waals surface area contributed by atoms with Crippen LogP contribution in [0.1, 0.15) is 39.1 Å². The molecule has 0 aliphatic heterocycles. The predicted molar refractivity (Wildman–Crippen MR) is 98.4 cm³/mol. The van der Waals surface area contributed by atoms with Crippen LogP contribution in [0.3, 0.4) is 0 Å². The summed E-state index contributed by atoms with van der Waals surface area (Å²) in [5.74, 6) is 0.506. The first-order chi connectivity index (χ1) is 11.9. The van der Waals surface area contributed by atoms with Crippen molar-refractivity contribution in [3.63, 3.8) is 0 Å². The lowest BCUT2D eigenvalue weighted by Crippen LogP contribution is -2.42. The summed E-state index contributed by atoms with van der Waals surface area (Å²) in [7, 11) is 3.33. The molecule has 1 atom stereocenters. The first kappa shape index (κ1) is 19.1. The van der Waals surface area contributed by atoms with E-state index in [1.165, 1.54) is 0 Å². The van der Waals surface area contributed by atoms with Gasteiger partial charge in [0.05, 0.1) is 23.6 Å². The van der Waals surface area contributed by atoms with Crippen molar-refractivity contribution in [2.45, 2.75) is 33.2 Å². The fourth-order valence-corrected chi connectivity index (χ4v) is 3.02. The van der Waals surface area contributed by atoms with Crippen LogP contribution in [-0.4, -0.2) is 40.6 Å². The van der Waals surface area contributed by atoms with Crippen molar-refractivity contribution in [3.05, 3.63) is 40.4 Å². The molecular formula is C19H27N3O3. The normalized spacial score (nSPS) is 12.6. The molecular weight excluding hydrogens is 318 g/mol. The Hall–Kier alpha value is -2.21. The fraction of sp³-hybridized carbons (Fsp3) is 0.526. The highest BCUT2D eigenvalue weighted by atomic mass is 16.5. The molecule has 0 saturated carbocycles. The molecule has 136 valence electrons. The monoisotopic (exact) mass is 345 g/mol. The Bertz CT molecular complexity index is 798. The van der Waals surface area contributed by atoms with Crippen LogP contribution in [0.4, 0.5) is 0 Å². The minimum absolute atomic E-state index is 0.0336. The van der Waals surface area contributed by atoms with E-state index >= 15 is 0 Å². The highest BCUT2D eigenvalue weighted by molar-refractivity contribution is 5.79. The number of ether oxygens (including phenoxy) is 1. The zero-order valence-corrected chi connectivity index (χ0v) is 15.7. The number of hydrogen-bond donors (Lipinski definition) is 0. The lowest BCUT2D eigenvalue weighted by Gasteiger charge is -2.33. The molecule has 25 heavy (non-hydrogen) atoms. The van der Waals surface area contributed by atoms with Crippen molar-refractivity contribution in [3.8, 4) is 0 Å². The summed E-state index contributed by atoms with van der Waals surface area (Å²) < 4.78 is 6.73. The van der Waals surface area contributed by atoms with Crippen molar-refractivity contribution < 1.29 is 9.53 Å². The van der Waals surface area contributed by atoms with Crippen LogP contribution in [0.5, 0.6) is 0 Å². The smallest absolute Gasteiger partial charge is 0.261 e. The van der Waals surface area contributed by atoms with E-state index < -0.39 is 0 Å². The topological polar surface area (TPSA) is 64.4 Å². The lowest BCUT2D eigenvalue weighted by molar-refractivity contribution is -0.138. The molecule has 2 aromatic rings. The van der Waals surface area contributed by atoms with Gasteiger partial charge in [-0.25, -0.2) is 4.98 Å². The number of benzene rings is 1. The summed E-state index contributed by atoms with van der Waals surface area (Å²) >= 11 is 0. The second-order valence-electron chi connectivity index (χ2n) is 6.45. The number of nitrogens with zero attached hydrogens (tertiary/aromatic N) is 3. The largest absolute Gasteiger partial charge is 0.383 e. The van der Waals surface area contributed by atoms with Crippen LogP contribution in [0, 0.1) is 5.92 Å². The van der Waals surface area contributed by atoms with E-state index in [9.17, 15) is 9.59 Å². The standard InChI is InChI=1S/C19H27N3O3/c1-6-16(22(11-12-25-5)18(23)13(2)3)17-20-15-10-8-7-9-14(15)19(24)21(17)4/h7-10,13,16H,6,11-12H2,1-5H3. The third kappa shape index (κ3) is 3.90. The summed E-state index contributed by atoms with van der Waals surface area (Å²) in [6, 6.07) is 7.03. The maximum atomic E-state index is 12.7. The van der Waals surface area contributed by atoms with Gasteiger partial charge in [-0.15, -0.1) is 0 Å². The van der Waals surface area contributed by atoms with E-state index in [0.29, 0.717) is 36.3 Å². The second-order valence-corrected chi connectivity index (χ2v) is 6.45. The van der Waals surface area contributed by atoms with Gasteiger partial charge in [0.2, 0.25) is 5.91 Å². The molecule has 1 heterocycles. The van der Waals surface area contributed by atoms with E-state index in [4.69, 9.17) is 9.72 Å². The van der Waals surface area contributed by atoms with Crippen molar-refractivity contribution in [2.24, 2.45) is 13.0 Å². The number of carbonyl (C=O) groups is 1. The number of rotatable bonds is 7. The number of aromatic nitrogens is 2. The zero-order chi connectivity index (χ0) is 18.6. The molecule has 0 saturated heterocycles. The van der Waals surface area contributed by atoms with Gasteiger partial charge in [0.25, 0.3) is 5.56 Å². The molecule has 2 rings (SSSR count). The van der Waals surface area contributed by atoms with Crippen molar-refractivity contribution in [1.82, 2.24) is 14.5 Å². The fourth-order valence-electron chi connectivity index (χ4n) is 3.02. The van der Waals surface area contributed by atoms with Crippen molar-refractivity contribution in [1.29, 1.82) is 0 Å². The van der Waals surface area contributed by atoms with E-state index in [1.807, 2.05) is 39.0 Å². The van der Waals surface area contributed by atoms with Crippen molar-refractivity contribution in [2.75, 3.05) is 20.3 Å². The van der Waals surface area contributed by atoms with Gasteiger partial charge in [-0.1, -0.05) is 32.9 Å².